The Morgan fingerprint density at radius 2 is 2.06 bits per heavy atom. The van der Waals surface area contributed by atoms with Gasteiger partial charge >= 0.3 is 0 Å². The number of carbonyl (C=O) groups excluding carboxylic acids is 1. The molecule has 0 aliphatic heterocycles. The standard InChI is InChI=1S/C14H16N2OS/c1-10(2)8-13(17)16-14-15-12(9-18-14)11-6-4-3-5-7-11/h3-7,9-10H,8H2,1-2H3,(H,15,16,17). The van der Waals surface area contributed by atoms with Crippen LogP contribution in [-0.4, -0.2) is 10.9 Å². The molecule has 0 bridgehead atoms. The quantitative estimate of drug-likeness (QED) is 0.908. The maximum absolute atomic E-state index is 11.6. The topological polar surface area (TPSA) is 42.0 Å². The summed E-state index contributed by atoms with van der Waals surface area (Å²) in [5, 5.41) is 5.46. The second kappa shape index (κ2) is 5.78. The van der Waals surface area contributed by atoms with E-state index in [2.05, 4.69) is 10.3 Å². The van der Waals surface area contributed by atoms with E-state index in [9.17, 15) is 4.79 Å². The Labute approximate surface area is 111 Å². The maximum atomic E-state index is 11.6. The fraction of sp³-hybridized carbons (Fsp3) is 0.286. The second-order valence-corrected chi connectivity index (χ2v) is 5.41. The SMILES string of the molecule is CC(C)CC(=O)Nc1nc(-c2ccccc2)cs1. The zero-order valence-electron chi connectivity index (χ0n) is 10.5. The first-order valence-corrected chi connectivity index (χ1v) is 6.84. The van der Waals surface area contributed by atoms with Crippen molar-refractivity contribution < 1.29 is 4.79 Å². The number of anilines is 1. The normalized spacial score (nSPS) is 10.6. The van der Waals surface area contributed by atoms with Gasteiger partial charge in [-0.05, 0) is 5.92 Å². The molecule has 1 heterocycles. The van der Waals surface area contributed by atoms with Gasteiger partial charge in [-0.1, -0.05) is 44.2 Å². The number of rotatable bonds is 4. The van der Waals surface area contributed by atoms with E-state index >= 15 is 0 Å². The maximum Gasteiger partial charge on any atom is 0.226 e. The Morgan fingerprint density at radius 3 is 2.72 bits per heavy atom. The summed E-state index contributed by atoms with van der Waals surface area (Å²) >= 11 is 1.46. The van der Waals surface area contributed by atoms with Crippen molar-refractivity contribution in [3.8, 4) is 11.3 Å². The highest BCUT2D eigenvalue weighted by molar-refractivity contribution is 7.14. The fourth-order valence-electron chi connectivity index (χ4n) is 1.61. The predicted octanol–water partition coefficient (Wildman–Crippen LogP) is 3.79. The summed E-state index contributed by atoms with van der Waals surface area (Å²) in [4.78, 5) is 16.0. The number of hydrogen-bond donors (Lipinski definition) is 1. The van der Waals surface area contributed by atoms with Gasteiger partial charge in [-0.2, -0.15) is 0 Å². The highest BCUT2D eigenvalue weighted by Crippen LogP contribution is 2.24. The molecule has 0 radical (unpaired) electrons. The van der Waals surface area contributed by atoms with Crippen molar-refractivity contribution in [1.29, 1.82) is 0 Å². The molecule has 18 heavy (non-hydrogen) atoms. The van der Waals surface area contributed by atoms with Crippen LogP contribution in [0.2, 0.25) is 0 Å². The summed E-state index contributed by atoms with van der Waals surface area (Å²) in [5.41, 5.74) is 1.97. The zero-order chi connectivity index (χ0) is 13.0. The van der Waals surface area contributed by atoms with Gasteiger partial charge in [0, 0.05) is 17.4 Å². The van der Waals surface area contributed by atoms with E-state index in [1.165, 1.54) is 11.3 Å². The molecule has 0 unspecified atom stereocenters. The molecule has 2 aromatic rings. The Hall–Kier alpha value is -1.68. The fourth-order valence-corrected chi connectivity index (χ4v) is 2.35. The molecule has 1 N–H and O–H groups in total. The van der Waals surface area contributed by atoms with Gasteiger partial charge in [0.1, 0.15) is 0 Å². The van der Waals surface area contributed by atoms with Crippen molar-refractivity contribution in [1.82, 2.24) is 4.98 Å². The molecule has 0 atom stereocenters. The molecule has 0 spiro atoms. The molecule has 4 heteroatoms. The number of hydrogen-bond acceptors (Lipinski definition) is 3. The summed E-state index contributed by atoms with van der Waals surface area (Å²) in [6, 6.07) is 9.95. The molecule has 1 amide bonds. The summed E-state index contributed by atoms with van der Waals surface area (Å²) in [5.74, 6) is 0.387. The molecule has 2 rings (SSSR count). The lowest BCUT2D eigenvalue weighted by atomic mass is 10.1. The number of aromatic nitrogens is 1. The van der Waals surface area contributed by atoms with E-state index in [-0.39, 0.29) is 5.91 Å². The molecule has 0 aliphatic rings. The third kappa shape index (κ3) is 3.40. The Balaban J connectivity index is 2.05. The molecule has 0 saturated carbocycles. The van der Waals surface area contributed by atoms with Crippen LogP contribution >= 0.6 is 11.3 Å². The van der Waals surface area contributed by atoms with Crippen LogP contribution in [0.1, 0.15) is 20.3 Å². The smallest absolute Gasteiger partial charge is 0.226 e. The average Bonchev–Trinajstić information content (AvgIpc) is 2.77. The minimum atomic E-state index is 0.0268. The van der Waals surface area contributed by atoms with Gasteiger partial charge in [0.2, 0.25) is 5.91 Å². The number of nitrogens with one attached hydrogen (secondary N) is 1. The van der Waals surface area contributed by atoms with Crippen LogP contribution in [0, 0.1) is 5.92 Å². The lowest BCUT2D eigenvalue weighted by Crippen LogP contribution is -2.13. The Kier molecular flexibility index (Phi) is 4.10. The highest BCUT2D eigenvalue weighted by Gasteiger charge is 2.09. The van der Waals surface area contributed by atoms with Crippen LogP contribution in [0.15, 0.2) is 35.7 Å². The third-order valence-corrected chi connectivity index (χ3v) is 3.17. The van der Waals surface area contributed by atoms with Crippen LogP contribution in [0.4, 0.5) is 5.13 Å². The number of amides is 1. The van der Waals surface area contributed by atoms with Crippen molar-refractivity contribution in [2.75, 3.05) is 5.32 Å². The number of carbonyl (C=O) groups is 1. The first kappa shape index (κ1) is 12.8. The molecule has 0 saturated heterocycles. The van der Waals surface area contributed by atoms with Crippen LogP contribution in [0.25, 0.3) is 11.3 Å². The van der Waals surface area contributed by atoms with Gasteiger partial charge in [0.05, 0.1) is 5.69 Å². The number of thiazole rings is 1. The second-order valence-electron chi connectivity index (χ2n) is 4.55. The van der Waals surface area contributed by atoms with Crippen molar-refractivity contribution in [3.05, 3.63) is 35.7 Å². The Bertz CT molecular complexity index is 520. The molecule has 3 nitrogen and oxygen atoms in total. The average molecular weight is 260 g/mol. The zero-order valence-corrected chi connectivity index (χ0v) is 11.3. The van der Waals surface area contributed by atoms with Crippen LogP contribution < -0.4 is 5.32 Å². The van der Waals surface area contributed by atoms with Gasteiger partial charge in [-0.25, -0.2) is 4.98 Å². The van der Waals surface area contributed by atoms with Gasteiger partial charge in [0.15, 0.2) is 5.13 Å². The summed E-state index contributed by atoms with van der Waals surface area (Å²) < 4.78 is 0. The van der Waals surface area contributed by atoms with Crippen molar-refractivity contribution in [2.45, 2.75) is 20.3 Å². The first-order chi connectivity index (χ1) is 8.65. The third-order valence-electron chi connectivity index (χ3n) is 2.41. The monoisotopic (exact) mass is 260 g/mol. The van der Waals surface area contributed by atoms with Gasteiger partial charge in [0.25, 0.3) is 0 Å². The van der Waals surface area contributed by atoms with Crippen LogP contribution in [-0.2, 0) is 4.79 Å². The van der Waals surface area contributed by atoms with Gasteiger partial charge < -0.3 is 5.32 Å². The van der Waals surface area contributed by atoms with Crippen molar-refractivity contribution in [2.24, 2.45) is 5.92 Å². The molecule has 1 aromatic carbocycles. The van der Waals surface area contributed by atoms with E-state index in [0.717, 1.165) is 11.3 Å². The Morgan fingerprint density at radius 1 is 1.33 bits per heavy atom. The summed E-state index contributed by atoms with van der Waals surface area (Å²) in [6.07, 6.45) is 0.528. The van der Waals surface area contributed by atoms with Gasteiger partial charge in [-0.15, -0.1) is 11.3 Å². The molecular weight excluding hydrogens is 244 g/mol. The lowest BCUT2D eigenvalue weighted by Gasteiger charge is -2.03. The highest BCUT2D eigenvalue weighted by atomic mass is 32.1. The van der Waals surface area contributed by atoms with Crippen molar-refractivity contribution >= 4 is 22.4 Å². The molecule has 94 valence electrons. The summed E-state index contributed by atoms with van der Waals surface area (Å²) in [6.45, 7) is 4.05. The molecular formula is C14H16N2OS. The van der Waals surface area contributed by atoms with Gasteiger partial charge in [-0.3, -0.25) is 4.79 Å². The largest absolute Gasteiger partial charge is 0.302 e. The molecule has 0 aliphatic carbocycles. The van der Waals surface area contributed by atoms with Crippen LogP contribution in [0.3, 0.4) is 0 Å². The minimum Gasteiger partial charge on any atom is -0.302 e. The van der Waals surface area contributed by atoms with E-state index in [0.29, 0.717) is 17.5 Å². The van der Waals surface area contributed by atoms with E-state index in [1.807, 2.05) is 49.6 Å². The van der Waals surface area contributed by atoms with Crippen molar-refractivity contribution in [3.63, 3.8) is 0 Å². The number of nitrogens with zero attached hydrogens (tertiary/aromatic N) is 1. The molecule has 1 aromatic heterocycles. The molecule has 0 fully saturated rings. The van der Waals surface area contributed by atoms with E-state index < -0.39 is 0 Å². The minimum absolute atomic E-state index is 0.0268. The predicted molar refractivity (Wildman–Crippen MR) is 75.6 cm³/mol. The first-order valence-electron chi connectivity index (χ1n) is 5.96. The van der Waals surface area contributed by atoms with E-state index in [1.54, 1.807) is 0 Å². The van der Waals surface area contributed by atoms with Crippen LogP contribution in [0.5, 0.6) is 0 Å². The summed E-state index contributed by atoms with van der Waals surface area (Å²) in [7, 11) is 0. The van der Waals surface area contributed by atoms with E-state index in [4.69, 9.17) is 0 Å². The lowest BCUT2D eigenvalue weighted by molar-refractivity contribution is -0.116. The number of benzene rings is 1.